The minimum Gasteiger partial charge on any atom is -0.370 e. The van der Waals surface area contributed by atoms with Crippen LogP contribution in [0.2, 0.25) is 0 Å². The van der Waals surface area contributed by atoms with Crippen molar-refractivity contribution in [2.45, 2.75) is 25.8 Å². The Kier molecular flexibility index (Phi) is 5.85. The quantitative estimate of drug-likeness (QED) is 0.856. The van der Waals surface area contributed by atoms with E-state index in [4.69, 9.17) is 0 Å². The second-order valence-corrected chi connectivity index (χ2v) is 6.20. The van der Waals surface area contributed by atoms with Crippen LogP contribution in [0, 0.1) is 0 Å². The average molecular weight is 323 g/mol. The minimum atomic E-state index is -0.00427. The summed E-state index contributed by atoms with van der Waals surface area (Å²) in [6.45, 7) is 3.14. The highest BCUT2D eigenvalue weighted by atomic mass is 16.1. The lowest BCUT2D eigenvalue weighted by atomic mass is 10.1. The molecule has 2 aromatic carbocycles. The maximum Gasteiger partial charge on any atom is 0.238 e. The SMILES string of the molecule is O=C(CNCc1ccccc1)Nc1ccccc1N1CCCCC1. The number of para-hydroxylation sites is 2. The Morgan fingerprint density at radius 1 is 0.917 bits per heavy atom. The van der Waals surface area contributed by atoms with Gasteiger partial charge in [-0.1, -0.05) is 42.5 Å². The maximum absolute atomic E-state index is 12.2. The lowest BCUT2D eigenvalue weighted by Gasteiger charge is -2.30. The molecule has 0 aromatic heterocycles. The number of hydrogen-bond acceptors (Lipinski definition) is 3. The van der Waals surface area contributed by atoms with Gasteiger partial charge in [0.15, 0.2) is 0 Å². The Bertz CT molecular complexity index is 651. The van der Waals surface area contributed by atoms with Gasteiger partial charge in [-0.2, -0.15) is 0 Å². The normalized spacial score (nSPS) is 14.4. The van der Waals surface area contributed by atoms with Gasteiger partial charge < -0.3 is 15.5 Å². The van der Waals surface area contributed by atoms with Crippen LogP contribution in [-0.4, -0.2) is 25.5 Å². The lowest BCUT2D eigenvalue weighted by Crippen LogP contribution is -2.32. The average Bonchev–Trinajstić information content (AvgIpc) is 2.64. The number of anilines is 2. The Morgan fingerprint density at radius 3 is 2.42 bits per heavy atom. The van der Waals surface area contributed by atoms with E-state index in [1.165, 1.54) is 24.8 Å². The molecule has 2 aromatic rings. The van der Waals surface area contributed by atoms with Gasteiger partial charge in [0.1, 0.15) is 0 Å². The number of benzene rings is 2. The summed E-state index contributed by atoms with van der Waals surface area (Å²) < 4.78 is 0. The molecule has 0 bridgehead atoms. The van der Waals surface area contributed by atoms with E-state index in [2.05, 4.69) is 33.7 Å². The second-order valence-electron chi connectivity index (χ2n) is 6.20. The fourth-order valence-electron chi connectivity index (χ4n) is 3.10. The molecule has 3 rings (SSSR count). The predicted octanol–water partition coefficient (Wildman–Crippen LogP) is 3.41. The molecule has 0 saturated carbocycles. The third-order valence-electron chi connectivity index (χ3n) is 4.33. The first kappa shape index (κ1) is 16.5. The molecule has 0 radical (unpaired) electrons. The van der Waals surface area contributed by atoms with Crippen LogP contribution in [0.25, 0.3) is 0 Å². The number of nitrogens with one attached hydrogen (secondary N) is 2. The molecule has 1 aliphatic rings. The number of hydrogen-bond donors (Lipinski definition) is 2. The highest BCUT2D eigenvalue weighted by Gasteiger charge is 2.15. The van der Waals surface area contributed by atoms with Crippen molar-refractivity contribution in [3.8, 4) is 0 Å². The van der Waals surface area contributed by atoms with E-state index in [9.17, 15) is 4.79 Å². The Balaban J connectivity index is 1.54. The molecule has 4 heteroatoms. The number of nitrogens with zero attached hydrogens (tertiary/aromatic N) is 1. The molecule has 1 heterocycles. The fourth-order valence-corrected chi connectivity index (χ4v) is 3.10. The molecular weight excluding hydrogens is 298 g/mol. The first-order valence-corrected chi connectivity index (χ1v) is 8.71. The third kappa shape index (κ3) is 4.59. The number of rotatable bonds is 6. The molecule has 1 fully saturated rings. The summed E-state index contributed by atoms with van der Waals surface area (Å²) in [5.41, 5.74) is 3.22. The van der Waals surface area contributed by atoms with E-state index in [0.717, 1.165) is 24.5 Å². The summed E-state index contributed by atoms with van der Waals surface area (Å²) in [4.78, 5) is 14.6. The third-order valence-corrected chi connectivity index (χ3v) is 4.33. The standard InChI is InChI=1S/C20H25N3O/c24-20(16-21-15-17-9-3-1-4-10-17)22-18-11-5-6-12-19(18)23-13-7-2-8-14-23/h1,3-6,9-12,21H,2,7-8,13-16H2,(H,22,24). The van der Waals surface area contributed by atoms with Crippen molar-refractivity contribution in [2.24, 2.45) is 0 Å². The van der Waals surface area contributed by atoms with Gasteiger partial charge in [-0.05, 0) is 37.0 Å². The largest absolute Gasteiger partial charge is 0.370 e. The van der Waals surface area contributed by atoms with E-state index in [1.54, 1.807) is 0 Å². The van der Waals surface area contributed by atoms with E-state index < -0.39 is 0 Å². The Morgan fingerprint density at radius 2 is 1.62 bits per heavy atom. The van der Waals surface area contributed by atoms with Gasteiger partial charge in [0.05, 0.1) is 17.9 Å². The number of carbonyl (C=O) groups is 1. The smallest absolute Gasteiger partial charge is 0.238 e. The molecule has 2 N–H and O–H groups in total. The fraction of sp³-hybridized carbons (Fsp3) is 0.350. The molecule has 1 saturated heterocycles. The van der Waals surface area contributed by atoms with Gasteiger partial charge in [0.2, 0.25) is 5.91 Å². The van der Waals surface area contributed by atoms with Gasteiger partial charge in [-0.3, -0.25) is 4.79 Å². The molecule has 4 nitrogen and oxygen atoms in total. The minimum absolute atomic E-state index is 0.00427. The molecule has 0 atom stereocenters. The summed E-state index contributed by atoms with van der Waals surface area (Å²) in [6, 6.07) is 18.2. The maximum atomic E-state index is 12.2. The summed E-state index contributed by atoms with van der Waals surface area (Å²) in [7, 11) is 0. The summed E-state index contributed by atoms with van der Waals surface area (Å²) in [5.74, 6) is -0.00427. The van der Waals surface area contributed by atoms with Gasteiger partial charge in [-0.25, -0.2) is 0 Å². The van der Waals surface area contributed by atoms with Gasteiger partial charge in [0.25, 0.3) is 0 Å². The van der Waals surface area contributed by atoms with Crippen molar-refractivity contribution >= 4 is 17.3 Å². The van der Waals surface area contributed by atoms with Crippen LogP contribution in [0.5, 0.6) is 0 Å². The topological polar surface area (TPSA) is 44.4 Å². The highest BCUT2D eigenvalue weighted by molar-refractivity contribution is 5.95. The zero-order valence-corrected chi connectivity index (χ0v) is 14.0. The molecule has 0 unspecified atom stereocenters. The van der Waals surface area contributed by atoms with E-state index in [-0.39, 0.29) is 5.91 Å². The highest BCUT2D eigenvalue weighted by Crippen LogP contribution is 2.28. The molecule has 0 aliphatic carbocycles. The Labute approximate surface area is 143 Å². The predicted molar refractivity (Wildman–Crippen MR) is 99.3 cm³/mol. The number of piperidine rings is 1. The van der Waals surface area contributed by atoms with E-state index in [1.807, 2.05) is 36.4 Å². The van der Waals surface area contributed by atoms with Crippen molar-refractivity contribution < 1.29 is 4.79 Å². The van der Waals surface area contributed by atoms with Crippen LogP contribution in [0.15, 0.2) is 54.6 Å². The van der Waals surface area contributed by atoms with Crippen LogP contribution in [0.4, 0.5) is 11.4 Å². The zero-order valence-electron chi connectivity index (χ0n) is 14.0. The van der Waals surface area contributed by atoms with Crippen LogP contribution in [0.1, 0.15) is 24.8 Å². The van der Waals surface area contributed by atoms with E-state index >= 15 is 0 Å². The van der Waals surface area contributed by atoms with Crippen molar-refractivity contribution in [3.63, 3.8) is 0 Å². The molecule has 0 spiro atoms. The molecule has 126 valence electrons. The van der Waals surface area contributed by atoms with Crippen molar-refractivity contribution in [1.82, 2.24) is 5.32 Å². The summed E-state index contributed by atoms with van der Waals surface area (Å²) in [6.07, 6.45) is 3.75. The van der Waals surface area contributed by atoms with Crippen LogP contribution < -0.4 is 15.5 Å². The Hall–Kier alpha value is -2.33. The van der Waals surface area contributed by atoms with Gasteiger partial charge in [-0.15, -0.1) is 0 Å². The zero-order chi connectivity index (χ0) is 16.6. The summed E-state index contributed by atoms with van der Waals surface area (Å²) in [5, 5.41) is 6.25. The van der Waals surface area contributed by atoms with Crippen molar-refractivity contribution in [1.29, 1.82) is 0 Å². The molecule has 24 heavy (non-hydrogen) atoms. The van der Waals surface area contributed by atoms with Crippen molar-refractivity contribution in [2.75, 3.05) is 29.9 Å². The summed E-state index contributed by atoms with van der Waals surface area (Å²) >= 11 is 0. The number of carbonyl (C=O) groups excluding carboxylic acids is 1. The molecule has 1 aliphatic heterocycles. The number of amides is 1. The van der Waals surface area contributed by atoms with Crippen LogP contribution in [-0.2, 0) is 11.3 Å². The van der Waals surface area contributed by atoms with Gasteiger partial charge in [0, 0.05) is 19.6 Å². The first-order chi connectivity index (χ1) is 11.8. The monoisotopic (exact) mass is 323 g/mol. The van der Waals surface area contributed by atoms with Gasteiger partial charge >= 0.3 is 0 Å². The van der Waals surface area contributed by atoms with E-state index in [0.29, 0.717) is 13.1 Å². The van der Waals surface area contributed by atoms with Crippen LogP contribution in [0.3, 0.4) is 0 Å². The molecule has 1 amide bonds. The van der Waals surface area contributed by atoms with Crippen molar-refractivity contribution in [3.05, 3.63) is 60.2 Å². The lowest BCUT2D eigenvalue weighted by molar-refractivity contribution is -0.115. The second kappa shape index (κ2) is 8.50. The van der Waals surface area contributed by atoms with Crippen LogP contribution >= 0.6 is 0 Å². The molecular formula is C20H25N3O. The first-order valence-electron chi connectivity index (χ1n) is 8.71.